The number of carboxylic acids is 1. The van der Waals surface area contributed by atoms with Gasteiger partial charge in [0.1, 0.15) is 6.04 Å². The number of halogens is 1. The van der Waals surface area contributed by atoms with E-state index in [9.17, 15) is 13.2 Å². The lowest BCUT2D eigenvalue weighted by molar-refractivity contribution is -0.141. The van der Waals surface area contributed by atoms with Gasteiger partial charge in [-0.05, 0) is 5.41 Å². The molecule has 0 amide bonds. The van der Waals surface area contributed by atoms with Gasteiger partial charge in [0.2, 0.25) is 0 Å². The zero-order valence-electron chi connectivity index (χ0n) is 11.0. The zero-order chi connectivity index (χ0) is 15.0. The molecule has 0 spiro atoms. The van der Waals surface area contributed by atoms with E-state index in [2.05, 4.69) is 9.82 Å². The molecule has 0 unspecified atom stereocenters. The van der Waals surface area contributed by atoms with E-state index >= 15 is 0 Å². The second kappa shape index (κ2) is 5.10. The second-order valence-electron chi connectivity index (χ2n) is 5.18. The molecule has 1 aromatic rings. The summed E-state index contributed by atoms with van der Waals surface area (Å²) < 4.78 is 27.6. The fraction of sp³-hybridized carbons (Fsp3) is 0.600. The molecule has 0 fully saturated rings. The van der Waals surface area contributed by atoms with E-state index in [0.29, 0.717) is 0 Å². The van der Waals surface area contributed by atoms with Crippen LogP contribution in [-0.4, -0.2) is 35.3 Å². The van der Waals surface area contributed by atoms with Crippen LogP contribution in [0.25, 0.3) is 0 Å². The monoisotopic (exact) mass is 309 g/mol. The SMILES string of the molecule is Cn1ncc(Cl)c1S(=O)(=O)N[C@H](C(=O)O)C(C)(C)C. The van der Waals surface area contributed by atoms with Crippen molar-refractivity contribution in [2.75, 3.05) is 0 Å². The van der Waals surface area contributed by atoms with E-state index in [1.54, 1.807) is 20.8 Å². The lowest BCUT2D eigenvalue weighted by Crippen LogP contribution is -2.49. The average Bonchev–Trinajstić information content (AvgIpc) is 2.53. The lowest BCUT2D eigenvalue weighted by Gasteiger charge is -2.27. The van der Waals surface area contributed by atoms with E-state index in [1.807, 2.05) is 0 Å². The first kappa shape index (κ1) is 15.9. The summed E-state index contributed by atoms with van der Waals surface area (Å²) in [6.45, 7) is 4.87. The molecule has 0 saturated carbocycles. The van der Waals surface area contributed by atoms with Gasteiger partial charge in [0.25, 0.3) is 10.0 Å². The molecule has 0 aliphatic rings. The number of carboxylic acid groups (broad SMARTS) is 1. The van der Waals surface area contributed by atoms with Crippen molar-refractivity contribution in [1.29, 1.82) is 0 Å². The van der Waals surface area contributed by atoms with Crippen molar-refractivity contribution in [3.8, 4) is 0 Å². The Balaban J connectivity index is 3.20. The predicted molar refractivity (Wildman–Crippen MR) is 69.4 cm³/mol. The van der Waals surface area contributed by atoms with Crippen molar-refractivity contribution in [3.63, 3.8) is 0 Å². The molecule has 1 atom stereocenters. The minimum atomic E-state index is -4.07. The molecule has 0 bridgehead atoms. The van der Waals surface area contributed by atoms with Crippen molar-refractivity contribution >= 4 is 27.6 Å². The Bertz CT molecular complexity index is 569. The summed E-state index contributed by atoms with van der Waals surface area (Å²) in [6, 6.07) is -1.27. The van der Waals surface area contributed by atoms with E-state index < -0.39 is 27.4 Å². The van der Waals surface area contributed by atoms with Crippen LogP contribution in [0.2, 0.25) is 5.02 Å². The van der Waals surface area contributed by atoms with Crippen LogP contribution in [0.15, 0.2) is 11.2 Å². The minimum Gasteiger partial charge on any atom is -0.480 e. The smallest absolute Gasteiger partial charge is 0.322 e. The Labute approximate surface area is 116 Å². The van der Waals surface area contributed by atoms with Gasteiger partial charge in [-0.15, -0.1) is 0 Å². The van der Waals surface area contributed by atoms with Crippen LogP contribution in [-0.2, 0) is 21.9 Å². The topological polar surface area (TPSA) is 101 Å². The number of hydrogen-bond acceptors (Lipinski definition) is 4. The first-order valence-corrected chi connectivity index (χ1v) is 7.25. The quantitative estimate of drug-likeness (QED) is 0.858. The zero-order valence-corrected chi connectivity index (χ0v) is 12.6. The van der Waals surface area contributed by atoms with Gasteiger partial charge >= 0.3 is 5.97 Å². The van der Waals surface area contributed by atoms with Gasteiger partial charge in [-0.2, -0.15) is 9.82 Å². The first-order valence-electron chi connectivity index (χ1n) is 5.39. The Morgan fingerprint density at radius 2 is 2.05 bits per heavy atom. The molecule has 1 rings (SSSR count). The third kappa shape index (κ3) is 3.46. The number of nitrogens with one attached hydrogen (secondary N) is 1. The highest BCUT2D eigenvalue weighted by Gasteiger charge is 2.36. The molecular formula is C10H16ClN3O4S. The van der Waals surface area contributed by atoms with Crippen LogP contribution in [0.4, 0.5) is 0 Å². The highest BCUT2D eigenvalue weighted by Crippen LogP contribution is 2.24. The highest BCUT2D eigenvalue weighted by atomic mass is 35.5. The first-order chi connectivity index (χ1) is 8.47. The molecule has 2 N–H and O–H groups in total. The van der Waals surface area contributed by atoms with Gasteiger partial charge in [-0.3, -0.25) is 9.48 Å². The number of sulfonamides is 1. The second-order valence-corrected chi connectivity index (χ2v) is 7.22. The molecule has 9 heteroatoms. The molecule has 1 aromatic heterocycles. The molecule has 108 valence electrons. The van der Waals surface area contributed by atoms with Crippen LogP contribution in [0.5, 0.6) is 0 Å². The number of nitrogens with zero attached hydrogens (tertiary/aromatic N) is 2. The maximum absolute atomic E-state index is 12.2. The molecule has 7 nitrogen and oxygen atoms in total. The fourth-order valence-corrected chi connectivity index (χ4v) is 3.56. The number of hydrogen-bond donors (Lipinski definition) is 2. The molecular weight excluding hydrogens is 294 g/mol. The summed E-state index contributed by atoms with van der Waals surface area (Å²) in [4.78, 5) is 11.2. The maximum atomic E-state index is 12.2. The summed E-state index contributed by atoms with van der Waals surface area (Å²) in [6.07, 6.45) is 1.18. The van der Waals surface area contributed by atoms with Gasteiger partial charge in [-0.25, -0.2) is 8.42 Å². The van der Waals surface area contributed by atoms with Gasteiger partial charge in [-0.1, -0.05) is 32.4 Å². The van der Waals surface area contributed by atoms with E-state index in [-0.39, 0.29) is 10.0 Å². The Morgan fingerprint density at radius 3 is 2.37 bits per heavy atom. The number of carbonyl (C=O) groups is 1. The van der Waals surface area contributed by atoms with Gasteiger partial charge in [0, 0.05) is 7.05 Å². The average molecular weight is 310 g/mol. The maximum Gasteiger partial charge on any atom is 0.322 e. The summed E-state index contributed by atoms with van der Waals surface area (Å²) in [5, 5.41) is 12.5. The highest BCUT2D eigenvalue weighted by molar-refractivity contribution is 7.89. The van der Waals surface area contributed by atoms with Gasteiger partial charge in [0.15, 0.2) is 5.03 Å². The lowest BCUT2D eigenvalue weighted by atomic mass is 9.88. The molecule has 19 heavy (non-hydrogen) atoms. The van der Waals surface area contributed by atoms with Crippen LogP contribution >= 0.6 is 11.6 Å². The Morgan fingerprint density at radius 1 is 1.53 bits per heavy atom. The van der Waals surface area contributed by atoms with E-state index in [4.69, 9.17) is 16.7 Å². The minimum absolute atomic E-state index is 0.0620. The van der Waals surface area contributed by atoms with Gasteiger partial charge < -0.3 is 5.11 Å². The van der Waals surface area contributed by atoms with Crippen LogP contribution < -0.4 is 4.72 Å². The largest absolute Gasteiger partial charge is 0.480 e. The van der Waals surface area contributed by atoms with Gasteiger partial charge in [0.05, 0.1) is 11.2 Å². The molecule has 0 radical (unpaired) electrons. The molecule has 0 aliphatic heterocycles. The predicted octanol–water partition coefficient (Wildman–Crippen LogP) is 0.851. The molecule has 0 saturated heterocycles. The third-order valence-corrected chi connectivity index (χ3v) is 4.41. The summed E-state index contributed by atoms with van der Waals surface area (Å²) in [7, 11) is -2.66. The Kier molecular flexibility index (Phi) is 4.28. The molecule has 0 aromatic carbocycles. The van der Waals surface area contributed by atoms with Crippen molar-refractivity contribution < 1.29 is 18.3 Å². The summed E-state index contributed by atoms with van der Waals surface area (Å²) in [5.41, 5.74) is -0.788. The molecule has 0 aliphatic carbocycles. The van der Waals surface area contributed by atoms with Crippen molar-refractivity contribution in [1.82, 2.24) is 14.5 Å². The normalized spacial score (nSPS) is 14.4. The number of aryl methyl sites for hydroxylation is 1. The van der Waals surface area contributed by atoms with Crippen LogP contribution in [0, 0.1) is 5.41 Å². The van der Waals surface area contributed by atoms with Crippen molar-refractivity contribution in [2.45, 2.75) is 31.8 Å². The Hall–Kier alpha value is -1.12. The number of rotatable bonds is 4. The van der Waals surface area contributed by atoms with E-state index in [1.165, 1.54) is 13.2 Å². The van der Waals surface area contributed by atoms with Crippen LogP contribution in [0.3, 0.4) is 0 Å². The van der Waals surface area contributed by atoms with Crippen LogP contribution in [0.1, 0.15) is 20.8 Å². The summed E-state index contributed by atoms with van der Waals surface area (Å²) in [5.74, 6) is -1.26. The number of aromatic nitrogens is 2. The fourth-order valence-electron chi connectivity index (χ4n) is 1.51. The molecule has 1 heterocycles. The standard InChI is InChI=1S/C10H16ClN3O4S/c1-10(2,3)7(9(15)16)13-19(17,18)8-6(11)5-12-14(8)4/h5,7,13H,1-4H3,(H,15,16)/t7-/m1/s1. The number of aliphatic carboxylic acids is 1. The summed E-state index contributed by atoms with van der Waals surface area (Å²) >= 11 is 5.76. The van der Waals surface area contributed by atoms with E-state index in [0.717, 1.165) is 4.68 Å². The third-order valence-electron chi connectivity index (χ3n) is 2.48. The van der Waals surface area contributed by atoms with Crippen molar-refractivity contribution in [3.05, 3.63) is 11.2 Å². The van der Waals surface area contributed by atoms with Crippen molar-refractivity contribution in [2.24, 2.45) is 12.5 Å².